The second-order valence-corrected chi connectivity index (χ2v) is 9.32. The summed E-state index contributed by atoms with van der Waals surface area (Å²) in [7, 11) is 0. The molecule has 0 aliphatic carbocycles. The van der Waals surface area contributed by atoms with E-state index < -0.39 is 0 Å². The van der Waals surface area contributed by atoms with Gasteiger partial charge >= 0.3 is 0 Å². The highest BCUT2D eigenvalue weighted by Crippen LogP contribution is 2.28. The van der Waals surface area contributed by atoms with Gasteiger partial charge in [0.05, 0.1) is 17.8 Å². The van der Waals surface area contributed by atoms with Crippen LogP contribution in [0.3, 0.4) is 0 Å². The van der Waals surface area contributed by atoms with Gasteiger partial charge in [0.15, 0.2) is 5.65 Å². The van der Waals surface area contributed by atoms with Crippen molar-refractivity contribution in [2.45, 2.75) is 52.1 Å². The average Bonchev–Trinajstić information content (AvgIpc) is 3.24. The number of aromatic nitrogens is 4. The maximum atomic E-state index is 13.2. The molecule has 0 radical (unpaired) electrons. The van der Waals surface area contributed by atoms with Crippen molar-refractivity contribution < 1.29 is 4.79 Å². The summed E-state index contributed by atoms with van der Waals surface area (Å²) in [6.07, 6.45) is 6.41. The first kappa shape index (κ1) is 20.9. The van der Waals surface area contributed by atoms with Crippen LogP contribution in [-0.4, -0.2) is 54.9 Å². The number of hydrogen-bond donors (Lipinski definition) is 1. The number of aromatic amines is 1. The number of likely N-dealkylation sites (tertiary alicyclic amines) is 1. The van der Waals surface area contributed by atoms with Gasteiger partial charge in [0.1, 0.15) is 0 Å². The Bertz CT molecular complexity index is 1170. The van der Waals surface area contributed by atoms with Crippen LogP contribution >= 0.6 is 0 Å². The Balaban J connectivity index is 1.32. The number of H-pyrrole nitrogens is 1. The summed E-state index contributed by atoms with van der Waals surface area (Å²) < 4.78 is 1.57. The zero-order chi connectivity index (χ0) is 22.2. The highest BCUT2D eigenvalue weighted by Gasteiger charge is 2.28. The molecular weight excluding hydrogens is 404 g/mol. The normalized spacial score (nSPS) is 17.8. The minimum absolute atomic E-state index is 0.0717. The molecule has 8 nitrogen and oxygen atoms in total. The van der Waals surface area contributed by atoms with E-state index in [0.29, 0.717) is 36.6 Å². The summed E-state index contributed by atoms with van der Waals surface area (Å²) in [5.74, 6) is 0.407. The SMILES string of the molecule is CC(C)C(=O)N1CCc2nc3cc(C4CCN(Cc5ccncc5)CC4)[nH]n3c(=O)c2C1. The number of carbonyl (C=O) groups excluding carboxylic acids is 1. The van der Waals surface area contributed by atoms with Crippen LogP contribution < -0.4 is 5.56 Å². The van der Waals surface area contributed by atoms with Gasteiger partial charge in [0.25, 0.3) is 5.56 Å². The van der Waals surface area contributed by atoms with Gasteiger partial charge in [-0.05, 0) is 43.6 Å². The Labute approximate surface area is 187 Å². The van der Waals surface area contributed by atoms with Crippen molar-refractivity contribution in [3.05, 3.63) is 63.5 Å². The molecule has 0 saturated carbocycles. The van der Waals surface area contributed by atoms with Gasteiger partial charge in [-0.1, -0.05) is 13.8 Å². The van der Waals surface area contributed by atoms with Crippen LogP contribution in [0.2, 0.25) is 0 Å². The van der Waals surface area contributed by atoms with E-state index in [1.54, 1.807) is 9.42 Å². The Kier molecular flexibility index (Phi) is 5.55. The molecule has 3 aromatic rings. The van der Waals surface area contributed by atoms with Crippen LogP contribution in [0.1, 0.15) is 55.1 Å². The minimum atomic E-state index is -0.0763. The predicted molar refractivity (Wildman–Crippen MR) is 121 cm³/mol. The molecule has 32 heavy (non-hydrogen) atoms. The fourth-order valence-corrected chi connectivity index (χ4v) is 4.91. The van der Waals surface area contributed by atoms with Gasteiger partial charge in [-0.3, -0.25) is 24.6 Å². The second-order valence-electron chi connectivity index (χ2n) is 9.32. The third-order valence-corrected chi connectivity index (χ3v) is 6.77. The molecule has 1 saturated heterocycles. The Morgan fingerprint density at radius 2 is 1.94 bits per heavy atom. The van der Waals surface area contributed by atoms with Crippen molar-refractivity contribution in [3.8, 4) is 0 Å². The fraction of sp³-hybridized carbons (Fsp3) is 0.500. The summed E-state index contributed by atoms with van der Waals surface area (Å²) >= 11 is 0. The number of hydrogen-bond acceptors (Lipinski definition) is 5. The van der Waals surface area contributed by atoms with E-state index in [2.05, 4.69) is 27.1 Å². The van der Waals surface area contributed by atoms with Crippen LogP contribution in [0.15, 0.2) is 35.4 Å². The number of pyridine rings is 1. The molecule has 0 aromatic carbocycles. The maximum absolute atomic E-state index is 13.2. The van der Waals surface area contributed by atoms with Crippen molar-refractivity contribution >= 4 is 11.6 Å². The van der Waals surface area contributed by atoms with Crippen molar-refractivity contribution in [2.24, 2.45) is 5.92 Å². The van der Waals surface area contributed by atoms with Gasteiger partial charge in [0.2, 0.25) is 5.91 Å². The van der Waals surface area contributed by atoms with Gasteiger partial charge in [0, 0.05) is 55.5 Å². The molecule has 0 bridgehead atoms. The second kappa shape index (κ2) is 8.50. The standard InChI is InChI=1S/C24H30N6O2/c1-16(2)23(31)29-12-7-20-19(15-29)24(32)30-22(26-20)13-21(27-30)18-5-10-28(11-6-18)14-17-3-8-25-9-4-17/h3-4,8-9,13,16,18,27H,5-7,10-12,14-15H2,1-2H3. The van der Waals surface area contributed by atoms with Crippen molar-refractivity contribution in [1.29, 1.82) is 0 Å². The highest BCUT2D eigenvalue weighted by molar-refractivity contribution is 5.78. The Hall–Kier alpha value is -3.00. The van der Waals surface area contributed by atoms with Crippen LogP contribution in [0.5, 0.6) is 0 Å². The van der Waals surface area contributed by atoms with Gasteiger partial charge < -0.3 is 4.90 Å². The van der Waals surface area contributed by atoms with Crippen molar-refractivity contribution in [3.63, 3.8) is 0 Å². The quantitative estimate of drug-likeness (QED) is 0.681. The lowest BCUT2D eigenvalue weighted by molar-refractivity contribution is -0.135. The molecule has 0 unspecified atom stereocenters. The third kappa shape index (κ3) is 3.95. The molecule has 0 atom stereocenters. The molecule has 3 aromatic heterocycles. The number of carbonyl (C=O) groups is 1. The van der Waals surface area contributed by atoms with Crippen molar-refractivity contribution in [1.82, 2.24) is 29.4 Å². The molecule has 168 valence electrons. The summed E-state index contributed by atoms with van der Waals surface area (Å²) in [5.41, 5.74) is 4.45. The fourth-order valence-electron chi connectivity index (χ4n) is 4.91. The molecule has 1 amide bonds. The van der Waals surface area contributed by atoms with E-state index >= 15 is 0 Å². The van der Waals surface area contributed by atoms with E-state index in [1.807, 2.05) is 32.3 Å². The lowest BCUT2D eigenvalue weighted by Crippen LogP contribution is -2.41. The molecule has 5 heterocycles. The van der Waals surface area contributed by atoms with Crippen molar-refractivity contribution in [2.75, 3.05) is 19.6 Å². The average molecular weight is 435 g/mol. The highest BCUT2D eigenvalue weighted by atomic mass is 16.2. The van der Waals surface area contributed by atoms with Gasteiger partial charge in [-0.15, -0.1) is 0 Å². The number of piperidine rings is 1. The van der Waals surface area contributed by atoms with E-state index in [0.717, 1.165) is 43.9 Å². The number of rotatable bonds is 4. The van der Waals surface area contributed by atoms with Gasteiger partial charge in [-0.2, -0.15) is 0 Å². The first-order chi connectivity index (χ1) is 15.5. The molecule has 2 aliphatic heterocycles. The molecule has 8 heteroatoms. The topological polar surface area (TPSA) is 86.6 Å². The predicted octanol–water partition coefficient (Wildman–Crippen LogP) is 2.34. The molecule has 0 spiro atoms. The summed E-state index contributed by atoms with van der Waals surface area (Å²) in [4.78, 5) is 38.7. The van der Waals surface area contributed by atoms with Crippen LogP contribution in [-0.2, 0) is 24.3 Å². The molecular formula is C24H30N6O2. The number of amides is 1. The summed E-state index contributed by atoms with van der Waals surface area (Å²) in [5, 5.41) is 3.33. The van der Waals surface area contributed by atoms with E-state index in [9.17, 15) is 9.59 Å². The third-order valence-electron chi connectivity index (χ3n) is 6.77. The van der Waals surface area contributed by atoms with Crippen LogP contribution in [0, 0.1) is 5.92 Å². The maximum Gasteiger partial charge on any atom is 0.277 e. The molecule has 1 N–H and O–H groups in total. The lowest BCUT2D eigenvalue weighted by atomic mass is 9.93. The zero-order valence-electron chi connectivity index (χ0n) is 18.8. The zero-order valence-corrected chi connectivity index (χ0v) is 18.8. The molecule has 2 aliphatic rings. The summed E-state index contributed by atoms with van der Waals surface area (Å²) in [6.45, 7) is 7.75. The summed E-state index contributed by atoms with van der Waals surface area (Å²) in [6, 6.07) is 6.18. The van der Waals surface area contributed by atoms with Crippen LogP contribution in [0.25, 0.3) is 5.65 Å². The van der Waals surface area contributed by atoms with E-state index in [4.69, 9.17) is 4.98 Å². The number of nitrogens with one attached hydrogen (secondary N) is 1. The molecule has 5 rings (SSSR count). The smallest absolute Gasteiger partial charge is 0.277 e. The van der Waals surface area contributed by atoms with Gasteiger partial charge in [-0.25, -0.2) is 9.50 Å². The van der Waals surface area contributed by atoms with E-state index in [1.165, 1.54) is 5.56 Å². The number of fused-ring (bicyclic) bond motifs is 2. The lowest BCUT2D eigenvalue weighted by Gasteiger charge is -2.31. The number of nitrogens with zero attached hydrogens (tertiary/aromatic N) is 5. The Morgan fingerprint density at radius 1 is 1.19 bits per heavy atom. The first-order valence-corrected chi connectivity index (χ1v) is 11.5. The first-order valence-electron chi connectivity index (χ1n) is 11.5. The monoisotopic (exact) mass is 434 g/mol. The van der Waals surface area contributed by atoms with Crippen LogP contribution in [0.4, 0.5) is 0 Å². The minimum Gasteiger partial charge on any atom is -0.337 e. The van der Waals surface area contributed by atoms with E-state index in [-0.39, 0.29) is 17.4 Å². The molecule has 1 fully saturated rings. The Morgan fingerprint density at radius 3 is 2.66 bits per heavy atom. The largest absolute Gasteiger partial charge is 0.337 e.